The van der Waals surface area contributed by atoms with Gasteiger partial charge in [0.05, 0.1) is 4.53 Å². The number of aryl methyl sites for hydroxylation is 1. The maximum atomic E-state index is 12.8. The van der Waals surface area contributed by atoms with Gasteiger partial charge >= 0.3 is 0 Å². The molecule has 6 nitrogen and oxygen atoms in total. The molecule has 0 atom stereocenters. The van der Waals surface area contributed by atoms with Crippen LogP contribution in [0, 0.1) is 19.3 Å². The van der Waals surface area contributed by atoms with E-state index in [0.29, 0.717) is 9.20 Å². The minimum Gasteiger partial charge on any atom is -0.454 e. The van der Waals surface area contributed by atoms with Crippen molar-refractivity contribution in [2.45, 2.75) is 34.6 Å². The molecule has 31 heavy (non-hydrogen) atoms. The fourth-order valence-corrected chi connectivity index (χ4v) is 4.55. The Morgan fingerprint density at radius 2 is 1.84 bits per heavy atom. The van der Waals surface area contributed by atoms with Crippen molar-refractivity contribution in [2.75, 3.05) is 6.79 Å². The van der Waals surface area contributed by atoms with Crippen LogP contribution in [0.4, 0.5) is 0 Å². The highest BCUT2D eigenvalue weighted by Gasteiger charge is 2.19. The molecule has 162 valence electrons. The van der Waals surface area contributed by atoms with Gasteiger partial charge < -0.3 is 18.6 Å². The summed E-state index contributed by atoms with van der Waals surface area (Å²) >= 11 is 1.33. The Morgan fingerprint density at radius 1 is 1.13 bits per heavy atom. The Kier molecular flexibility index (Phi) is 5.17. The van der Waals surface area contributed by atoms with Crippen LogP contribution >= 0.6 is 11.3 Å². The van der Waals surface area contributed by atoms with E-state index < -0.39 is 5.41 Å². The van der Waals surface area contributed by atoms with Gasteiger partial charge in [0, 0.05) is 41.7 Å². The number of carbonyl (C=O) groups is 1. The third-order valence-corrected chi connectivity index (χ3v) is 6.54. The first-order valence-corrected chi connectivity index (χ1v) is 10.9. The van der Waals surface area contributed by atoms with Gasteiger partial charge in [-0.05, 0) is 43.7 Å². The van der Waals surface area contributed by atoms with Crippen LogP contribution in [0.3, 0.4) is 0 Å². The first-order valence-electron chi connectivity index (χ1n) is 10.1. The fourth-order valence-electron chi connectivity index (χ4n) is 3.53. The van der Waals surface area contributed by atoms with Gasteiger partial charge in [0.1, 0.15) is 4.66 Å². The first-order chi connectivity index (χ1) is 14.6. The number of aromatic nitrogens is 2. The molecule has 0 spiro atoms. The number of rotatable bonds is 3. The molecule has 0 amide bonds. The van der Waals surface area contributed by atoms with Crippen molar-refractivity contribution in [3.63, 3.8) is 0 Å². The first kappa shape index (κ1) is 21.2. The normalized spacial score (nSPS) is 14.5. The number of hydrogen-bond acceptors (Lipinski definition) is 5. The van der Waals surface area contributed by atoms with Crippen LogP contribution in [-0.2, 0) is 11.8 Å². The quantitative estimate of drug-likeness (QED) is 0.631. The van der Waals surface area contributed by atoms with E-state index in [2.05, 4.69) is 10.6 Å². The molecular weight excluding hydrogens is 412 g/mol. The molecule has 0 N–H and O–H groups in total. The molecule has 0 aliphatic carbocycles. The molecule has 3 aromatic rings. The van der Waals surface area contributed by atoms with Crippen LogP contribution < -0.4 is 24.2 Å². The van der Waals surface area contributed by atoms with Gasteiger partial charge in [-0.3, -0.25) is 9.59 Å². The van der Waals surface area contributed by atoms with Gasteiger partial charge in [0.2, 0.25) is 6.79 Å². The minimum absolute atomic E-state index is 0.00288. The van der Waals surface area contributed by atoms with Gasteiger partial charge in [-0.1, -0.05) is 20.8 Å². The van der Waals surface area contributed by atoms with Crippen molar-refractivity contribution in [3.8, 4) is 17.2 Å². The molecule has 1 aliphatic heterocycles. The molecule has 0 bridgehead atoms. The van der Waals surface area contributed by atoms with E-state index in [-0.39, 0.29) is 18.1 Å². The summed E-state index contributed by atoms with van der Waals surface area (Å²) in [5.41, 5.74) is 3.41. The van der Waals surface area contributed by atoms with Crippen molar-refractivity contribution in [1.29, 1.82) is 0 Å². The van der Waals surface area contributed by atoms with Gasteiger partial charge in [-0.2, -0.15) is 0 Å². The average molecular weight is 439 g/mol. The number of ketones is 1. The van der Waals surface area contributed by atoms with Crippen molar-refractivity contribution in [3.05, 3.63) is 60.8 Å². The van der Waals surface area contributed by atoms with E-state index in [1.807, 2.05) is 58.9 Å². The molecular formula is C24H26N2O4S. The Morgan fingerprint density at radius 3 is 2.55 bits per heavy atom. The molecule has 7 heteroatoms. The molecule has 4 rings (SSSR count). The maximum Gasteiger partial charge on any atom is 0.268 e. The third-order valence-electron chi connectivity index (χ3n) is 5.43. The van der Waals surface area contributed by atoms with Crippen molar-refractivity contribution < 1.29 is 14.3 Å². The zero-order valence-electron chi connectivity index (χ0n) is 18.6. The lowest BCUT2D eigenvalue weighted by molar-refractivity contribution is -0.120. The highest BCUT2D eigenvalue weighted by molar-refractivity contribution is 7.07. The molecule has 0 saturated heterocycles. The number of carbonyl (C=O) groups excluding carboxylic acids is 1. The topological polar surface area (TPSA) is 62.5 Å². The zero-order chi connectivity index (χ0) is 22.5. The second-order valence-electron chi connectivity index (χ2n) is 8.77. The Bertz CT molecular complexity index is 1370. The van der Waals surface area contributed by atoms with Crippen LogP contribution in [0.2, 0.25) is 0 Å². The van der Waals surface area contributed by atoms with Gasteiger partial charge in [-0.25, -0.2) is 0 Å². The fraction of sp³-hybridized carbons (Fsp3) is 0.333. The van der Waals surface area contributed by atoms with E-state index in [9.17, 15) is 9.59 Å². The Labute approximate surface area is 184 Å². The average Bonchev–Trinajstić information content (AvgIpc) is 3.34. The highest BCUT2D eigenvalue weighted by Crippen LogP contribution is 2.34. The summed E-state index contributed by atoms with van der Waals surface area (Å²) in [7, 11) is 1.70. The summed E-state index contributed by atoms with van der Waals surface area (Å²) in [4.78, 5) is 25.2. The maximum absolute atomic E-state index is 12.8. The lowest BCUT2D eigenvalue weighted by atomic mass is 9.91. The Hall–Kier alpha value is -3.06. The molecule has 0 saturated carbocycles. The highest BCUT2D eigenvalue weighted by atomic mass is 32.1. The number of benzene rings is 1. The Balaban J connectivity index is 1.80. The summed E-state index contributed by atoms with van der Waals surface area (Å²) in [5.74, 6) is 1.47. The van der Waals surface area contributed by atoms with Crippen LogP contribution in [0.25, 0.3) is 17.8 Å². The molecule has 0 unspecified atom stereocenters. The van der Waals surface area contributed by atoms with E-state index in [4.69, 9.17) is 9.47 Å². The van der Waals surface area contributed by atoms with E-state index in [1.54, 1.807) is 13.1 Å². The number of Topliss-reactive ketones (excluding diaryl/α,β-unsaturated/α-hetero) is 1. The number of ether oxygens (including phenoxy) is 2. The van der Waals surface area contributed by atoms with Gasteiger partial charge in [0.25, 0.3) is 5.56 Å². The van der Waals surface area contributed by atoms with Crippen molar-refractivity contribution in [1.82, 2.24) is 9.13 Å². The molecule has 2 aromatic heterocycles. The second-order valence-corrected chi connectivity index (χ2v) is 9.83. The van der Waals surface area contributed by atoms with E-state index in [0.717, 1.165) is 34.1 Å². The summed E-state index contributed by atoms with van der Waals surface area (Å²) < 4.78 is 15.8. The van der Waals surface area contributed by atoms with E-state index in [1.165, 1.54) is 15.9 Å². The molecule has 1 aromatic carbocycles. The molecule has 1 aliphatic rings. The van der Waals surface area contributed by atoms with Crippen molar-refractivity contribution in [2.24, 2.45) is 12.5 Å². The standard InChI is InChI=1S/C24H26N2O4S/c1-14-9-16(15(2)26(14)17-7-8-18-19(11-17)30-13-29-18)10-20-23(28)25(6)22(31-20)12-21(27)24(3,4)5/h7-12H,13H2,1-6H3/b20-10-,22-12-. The molecule has 0 fully saturated rings. The largest absolute Gasteiger partial charge is 0.454 e. The third kappa shape index (κ3) is 3.85. The number of thiazole rings is 1. The summed E-state index contributed by atoms with van der Waals surface area (Å²) in [6.45, 7) is 9.90. The zero-order valence-corrected chi connectivity index (χ0v) is 19.4. The lowest BCUT2D eigenvalue weighted by Crippen LogP contribution is -2.30. The summed E-state index contributed by atoms with van der Waals surface area (Å²) in [5, 5.41) is 0. The lowest BCUT2D eigenvalue weighted by Gasteiger charge is -2.12. The molecule has 0 radical (unpaired) electrons. The summed E-state index contributed by atoms with van der Waals surface area (Å²) in [6.07, 6.45) is 3.47. The number of fused-ring (bicyclic) bond motifs is 1. The smallest absolute Gasteiger partial charge is 0.268 e. The molecule has 3 heterocycles. The number of hydrogen-bond donors (Lipinski definition) is 0. The SMILES string of the molecule is Cc1cc(/C=c2\s/c(=C\C(=O)C(C)(C)C)n(C)c2=O)c(C)n1-c1ccc2c(c1)OCO2. The monoisotopic (exact) mass is 438 g/mol. The predicted octanol–water partition coefficient (Wildman–Crippen LogP) is 2.81. The van der Waals surface area contributed by atoms with Crippen LogP contribution in [0.5, 0.6) is 11.5 Å². The van der Waals surface area contributed by atoms with Crippen LogP contribution in [-0.4, -0.2) is 21.7 Å². The van der Waals surface area contributed by atoms with Gasteiger partial charge in [0.15, 0.2) is 17.3 Å². The second kappa shape index (κ2) is 7.57. The number of nitrogens with zero attached hydrogens (tertiary/aromatic N) is 2. The summed E-state index contributed by atoms with van der Waals surface area (Å²) in [6, 6.07) is 7.92. The minimum atomic E-state index is -0.487. The van der Waals surface area contributed by atoms with Gasteiger partial charge in [-0.15, -0.1) is 11.3 Å². The van der Waals surface area contributed by atoms with E-state index >= 15 is 0 Å². The van der Waals surface area contributed by atoms with Crippen molar-refractivity contribution >= 4 is 29.3 Å². The predicted molar refractivity (Wildman–Crippen MR) is 123 cm³/mol. The van der Waals surface area contributed by atoms with Crippen LogP contribution in [0.1, 0.15) is 37.7 Å². The van der Waals surface area contributed by atoms with Crippen LogP contribution in [0.15, 0.2) is 29.1 Å².